The summed E-state index contributed by atoms with van der Waals surface area (Å²) in [6, 6.07) is 13.1. The van der Waals surface area contributed by atoms with E-state index >= 15 is 0 Å². The van der Waals surface area contributed by atoms with Crippen molar-refractivity contribution < 1.29 is 18.7 Å². The number of halogens is 3. The number of rotatable bonds is 4. The fourth-order valence-electron chi connectivity index (χ4n) is 3.68. The van der Waals surface area contributed by atoms with Crippen LogP contribution in [0, 0.1) is 11.6 Å². The van der Waals surface area contributed by atoms with Crippen LogP contribution in [0.25, 0.3) is 23.4 Å². The van der Waals surface area contributed by atoms with E-state index < -0.39 is 17.6 Å². The van der Waals surface area contributed by atoms with Crippen molar-refractivity contribution in [3.8, 4) is 11.1 Å². The SMILES string of the molecule is O=C(O)c1ccc(Nc2ncc3c(n2)C=c2cc(Cl)cc(-c4c(F)cccc4F)c2=CN3)cc1. The second kappa shape index (κ2) is 8.57. The lowest BCUT2D eigenvalue weighted by atomic mass is 10.0. The van der Waals surface area contributed by atoms with Gasteiger partial charge in [0, 0.05) is 22.1 Å². The maximum Gasteiger partial charge on any atom is 0.335 e. The van der Waals surface area contributed by atoms with E-state index in [1.165, 1.54) is 36.4 Å². The maximum absolute atomic E-state index is 14.5. The number of hydrogen-bond donors (Lipinski definition) is 3. The molecule has 0 unspecified atom stereocenters. The molecule has 2 heterocycles. The number of nitrogens with zero attached hydrogens (tertiary/aromatic N) is 2. The molecule has 0 spiro atoms. The predicted octanol–water partition coefficient (Wildman–Crippen LogP) is 4.51. The summed E-state index contributed by atoms with van der Waals surface area (Å²) in [6.45, 7) is 0. The smallest absolute Gasteiger partial charge is 0.335 e. The van der Waals surface area contributed by atoms with Gasteiger partial charge in [-0.15, -0.1) is 0 Å². The molecule has 0 amide bonds. The van der Waals surface area contributed by atoms with Crippen LogP contribution in [0.5, 0.6) is 0 Å². The van der Waals surface area contributed by atoms with Crippen molar-refractivity contribution in [2.75, 3.05) is 10.6 Å². The van der Waals surface area contributed by atoms with Crippen molar-refractivity contribution >= 4 is 47.2 Å². The highest BCUT2D eigenvalue weighted by atomic mass is 35.5. The van der Waals surface area contributed by atoms with E-state index in [0.717, 1.165) is 0 Å². The highest BCUT2D eigenvalue weighted by Crippen LogP contribution is 2.26. The number of carbonyl (C=O) groups is 1. The van der Waals surface area contributed by atoms with Gasteiger partial charge in [0.1, 0.15) is 11.6 Å². The Kier molecular flexibility index (Phi) is 5.43. The number of benzene rings is 3. The van der Waals surface area contributed by atoms with E-state index in [1.54, 1.807) is 36.7 Å². The number of carboxylic acid groups (broad SMARTS) is 1. The van der Waals surface area contributed by atoms with Crippen LogP contribution in [0.4, 0.5) is 26.1 Å². The van der Waals surface area contributed by atoms with Gasteiger partial charge in [-0.25, -0.2) is 23.5 Å². The highest BCUT2D eigenvalue weighted by molar-refractivity contribution is 6.30. The highest BCUT2D eigenvalue weighted by Gasteiger charge is 2.16. The average molecular weight is 477 g/mol. The normalized spacial score (nSPS) is 11.7. The molecule has 6 nitrogen and oxygen atoms in total. The Morgan fingerprint density at radius 1 is 1.06 bits per heavy atom. The molecule has 9 heteroatoms. The summed E-state index contributed by atoms with van der Waals surface area (Å²) in [5.41, 5.74) is 2.02. The maximum atomic E-state index is 14.5. The van der Waals surface area contributed by atoms with E-state index in [0.29, 0.717) is 38.1 Å². The third-order valence-electron chi connectivity index (χ3n) is 5.28. The van der Waals surface area contributed by atoms with Gasteiger partial charge in [-0.3, -0.25) is 0 Å². The zero-order chi connectivity index (χ0) is 23.8. The number of hydrogen-bond acceptors (Lipinski definition) is 5. The Morgan fingerprint density at radius 2 is 1.79 bits per heavy atom. The molecule has 4 aromatic rings. The monoisotopic (exact) mass is 476 g/mol. The number of nitrogens with one attached hydrogen (secondary N) is 2. The molecule has 1 aromatic heterocycles. The molecule has 0 fully saturated rings. The average Bonchev–Trinajstić information content (AvgIpc) is 2.98. The van der Waals surface area contributed by atoms with E-state index in [2.05, 4.69) is 20.6 Å². The fraction of sp³-hybridized carbons (Fsp3) is 0. The fourth-order valence-corrected chi connectivity index (χ4v) is 3.91. The van der Waals surface area contributed by atoms with Crippen LogP contribution in [0.3, 0.4) is 0 Å². The number of fused-ring (bicyclic) bond motifs is 2. The van der Waals surface area contributed by atoms with E-state index in [-0.39, 0.29) is 17.1 Å². The minimum absolute atomic E-state index is 0.164. The van der Waals surface area contributed by atoms with Gasteiger partial charge in [0.05, 0.1) is 28.7 Å². The van der Waals surface area contributed by atoms with Crippen molar-refractivity contribution in [2.24, 2.45) is 0 Å². The molecule has 1 aliphatic heterocycles. The first-order valence-electron chi connectivity index (χ1n) is 10.1. The summed E-state index contributed by atoms with van der Waals surface area (Å²) in [6.07, 6.45) is 4.95. The lowest BCUT2D eigenvalue weighted by Crippen LogP contribution is -2.27. The lowest BCUT2D eigenvalue weighted by molar-refractivity contribution is 0.0697. The number of aromatic carboxylic acids is 1. The van der Waals surface area contributed by atoms with Gasteiger partial charge in [-0.05, 0) is 65.4 Å². The summed E-state index contributed by atoms with van der Waals surface area (Å²) < 4.78 is 29.1. The molecule has 3 aromatic carbocycles. The van der Waals surface area contributed by atoms with Crippen molar-refractivity contribution in [1.82, 2.24) is 9.97 Å². The zero-order valence-electron chi connectivity index (χ0n) is 17.3. The quantitative estimate of drug-likeness (QED) is 0.402. The number of aromatic nitrogens is 2. The van der Waals surface area contributed by atoms with E-state index in [4.69, 9.17) is 16.7 Å². The Morgan fingerprint density at radius 3 is 2.50 bits per heavy atom. The molecule has 3 N–H and O–H groups in total. The molecule has 1 aliphatic rings. The molecular formula is C25H15ClF2N4O2. The van der Waals surface area contributed by atoms with E-state index in [9.17, 15) is 13.6 Å². The van der Waals surface area contributed by atoms with Gasteiger partial charge in [0.25, 0.3) is 0 Å². The van der Waals surface area contributed by atoms with E-state index in [1.807, 2.05) is 0 Å². The molecule has 0 saturated heterocycles. The van der Waals surface area contributed by atoms with Crippen molar-refractivity contribution in [3.05, 3.63) is 99.1 Å². The first-order valence-corrected chi connectivity index (χ1v) is 10.5. The molecule has 34 heavy (non-hydrogen) atoms. The van der Waals surface area contributed by atoms with Gasteiger partial charge in [-0.1, -0.05) is 17.7 Å². The minimum atomic E-state index is -1.02. The van der Waals surface area contributed by atoms with Gasteiger partial charge >= 0.3 is 5.97 Å². The van der Waals surface area contributed by atoms with Crippen LogP contribution in [0.1, 0.15) is 16.1 Å². The summed E-state index contributed by atoms with van der Waals surface area (Å²) in [7, 11) is 0. The third kappa shape index (κ3) is 4.06. The second-order valence-corrected chi connectivity index (χ2v) is 7.92. The Labute approximate surface area is 196 Å². The van der Waals surface area contributed by atoms with Gasteiger partial charge in [-0.2, -0.15) is 0 Å². The molecule has 0 atom stereocenters. The summed E-state index contributed by atoms with van der Waals surface area (Å²) in [5, 5.41) is 16.6. The molecule has 168 valence electrons. The van der Waals surface area contributed by atoms with Gasteiger partial charge < -0.3 is 15.7 Å². The lowest BCUT2D eigenvalue weighted by Gasteiger charge is -2.08. The largest absolute Gasteiger partial charge is 0.478 e. The Bertz CT molecular complexity index is 1550. The molecule has 0 saturated carbocycles. The minimum Gasteiger partial charge on any atom is -0.478 e. The van der Waals surface area contributed by atoms with Crippen molar-refractivity contribution in [2.45, 2.75) is 0 Å². The summed E-state index contributed by atoms with van der Waals surface area (Å²) >= 11 is 6.30. The van der Waals surface area contributed by atoms with Crippen LogP contribution in [0.15, 0.2) is 60.8 Å². The number of carboxylic acids is 1. The van der Waals surface area contributed by atoms with Crippen LogP contribution < -0.4 is 21.1 Å². The molecule has 0 bridgehead atoms. The van der Waals surface area contributed by atoms with Crippen molar-refractivity contribution in [1.29, 1.82) is 0 Å². The summed E-state index contributed by atoms with van der Waals surface area (Å²) in [5.74, 6) is -2.12. The Balaban J connectivity index is 1.58. The van der Waals surface area contributed by atoms with Crippen LogP contribution in [-0.4, -0.2) is 21.0 Å². The molecule has 0 aliphatic carbocycles. The first-order chi connectivity index (χ1) is 16.4. The van der Waals surface area contributed by atoms with Crippen LogP contribution in [0.2, 0.25) is 5.02 Å². The van der Waals surface area contributed by atoms with Crippen LogP contribution in [-0.2, 0) is 0 Å². The van der Waals surface area contributed by atoms with Crippen LogP contribution >= 0.6 is 11.6 Å². The summed E-state index contributed by atoms with van der Waals surface area (Å²) in [4.78, 5) is 19.8. The van der Waals surface area contributed by atoms with Gasteiger partial charge in [0.2, 0.25) is 5.95 Å². The van der Waals surface area contributed by atoms with Gasteiger partial charge in [0.15, 0.2) is 0 Å². The third-order valence-corrected chi connectivity index (χ3v) is 5.50. The standard InChI is InChI=1S/C25H15ClF2N4O2/c26-15-8-14-9-21-22(12-30-25(32-21)31-16-6-4-13(5-7-16)24(33)34)29-11-18(14)17(10-15)23-19(27)2-1-3-20(23)28/h1-12,29H,(H,33,34)(H,30,31,32). The first kappa shape index (κ1) is 21.5. The molecule has 0 radical (unpaired) electrons. The molecular weight excluding hydrogens is 462 g/mol. The Hall–Kier alpha value is -4.30. The topological polar surface area (TPSA) is 87.1 Å². The number of anilines is 3. The zero-order valence-corrected chi connectivity index (χ0v) is 18.1. The van der Waals surface area contributed by atoms with Crippen molar-refractivity contribution in [3.63, 3.8) is 0 Å². The predicted molar refractivity (Wildman–Crippen MR) is 126 cm³/mol. The second-order valence-electron chi connectivity index (χ2n) is 7.49. The molecule has 5 rings (SSSR count).